The van der Waals surface area contributed by atoms with Gasteiger partial charge in [0.2, 0.25) is 5.78 Å². The Morgan fingerprint density at radius 1 is 0.773 bits per heavy atom. The van der Waals surface area contributed by atoms with E-state index in [2.05, 4.69) is 10.2 Å². The van der Waals surface area contributed by atoms with Gasteiger partial charge in [0.25, 0.3) is 5.78 Å². The van der Waals surface area contributed by atoms with E-state index in [9.17, 15) is 9.59 Å². The predicted octanol–water partition coefficient (Wildman–Crippen LogP) is 2.62. The van der Waals surface area contributed by atoms with E-state index in [4.69, 9.17) is 0 Å². The minimum absolute atomic E-state index is 0.115. The highest BCUT2D eigenvalue weighted by Crippen LogP contribution is 2.31. The van der Waals surface area contributed by atoms with E-state index >= 15 is 0 Å². The van der Waals surface area contributed by atoms with Crippen LogP contribution in [-0.4, -0.2) is 26.6 Å². The van der Waals surface area contributed by atoms with Gasteiger partial charge in [0.15, 0.2) is 5.69 Å². The quantitative estimate of drug-likeness (QED) is 0.646. The van der Waals surface area contributed by atoms with Crippen molar-refractivity contribution in [3.63, 3.8) is 0 Å². The molecule has 0 radical (unpaired) electrons. The number of fused-ring (bicyclic) bond motifs is 3. The summed E-state index contributed by atoms with van der Waals surface area (Å²) < 4.78 is 0. The third kappa shape index (κ3) is 1.72. The zero-order valence-electron chi connectivity index (χ0n) is 11.8. The Morgan fingerprint density at radius 3 is 2.14 bits per heavy atom. The van der Waals surface area contributed by atoms with Crippen LogP contribution in [0.4, 0.5) is 0 Å². The molecule has 5 nitrogen and oxygen atoms in total. The fraction of sp³-hybridized carbons (Fsp3) is 0.0588. The lowest BCUT2D eigenvalue weighted by Gasteiger charge is -2.10. The molecular weight excluding hydrogens is 278 g/mol. The molecule has 22 heavy (non-hydrogen) atoms. The van der Waals surface area contributed by atoms with Crippen LogP contribution < -0.4 is 0 Å². The van der Waals surface area contributed by atoms with Crippen molar-refractivity contribution in [1.82, 2.24) is 15.0 Å². The number of carbonyl (C=O) groups excluding carboxylic acids is 2. The van der Waals surface area contributed by atoms with E-state index in [-0.39, 0.29) is 5.69 Å². The van der Waals surface area contributed by atoms with E-state index < -0.39 is 11.6 Å². The lowest BCUT2D eigenvalue weighted by molar-refractivity contribution is 0.0812. The molecule has 2 aromatic carbocycles. The maximum absolute atomic E-state index is 12.2. The molecule has 1 aromatic heterocycles. The van der Waals surface area contributed by atoms with Gasteiger partial charge in [-0.15, -0.1) is 10.2 Å². The third-order valence-corrected chi connectivity index (χ3v) is 3.73. The predicted molar refractivity (Wildman–Crippen MR) is 80.2 cm³/mol. The van der Waals surface area contributed by atoms with Gasteiger partial charge in [-0.05, 0) is 19.1 Å². The number of carbonyl (C=O) groups is 2. The molecule has 0 atom stereocenters. The first-order valence-electron chi connectivity index (χ1n) is 6.88. The molecule has 1 heterocycles. The largest absolute Gasteiger partial charge is 0.285 e. The number of Topliss-reactive ketones (excluding diaryl/α,β-unsaturated/α-hetero) is 2. The van der Waals surface area contributed by atoms with Gasteiger partial charge in [0, 0.05) is 11.1 Å². The molecule has 106 valence electrons. The Bertz CT molecular complexity index is 923. The van der Waals surface area contributed by atoms with Crippen molar-refractivity contribution in [2.24, 2.45) is 0 Å². The summed E-state index contributed by atoms with van der Waals surface area (Å²) in [7, 11) is 0. The fourth-order valence-electron chi connectivity index (χ4n) is 2.55. The van der Waals surface area contributed by atoms with Gasteiger partial charge >= 0.3 is 0 Å². The number of hydrogen-bond acceptors (Lipinski definition) is 4. The molecule has 0 aliphatic heterocycles. The van der Waals surface area contributed by atoms with Crippen molar-refractivity contribution >= 4 is 11.6 Å². The first-order valence-corrected chi connectivity index (χ1v) is 6.88. The number of benzene rings is 2. The Labute approximate surface area is 126 Å². The summed E-state index contributed by atoms with van der Waals surface area (Å²) in [4.78, 5) is 25.8. The molecule has 3 aromatic rings. The van der Waals surface area contributed by atoms with E-state index in [1.165, 1.54) is 4.80 Å². The van der Waals surface area contributed by atoms with Gasteiger partial charge in [0.1, 0.15) is 5.69 Å². The maximum Gasteiger partial charge on any atom is 0.256 e. The Kier molecular flexibility index (Phi) is 2.56. The summed E-state index contributed by atoms with van der Waals surface area (Å²) in [6.45, 7) is 1.99. The van der Waals surface area contributed by atoms with E-state index in [0.29, 0.717) is 16.8 Å². The topological polar surface area (TPSA) is 64.8 Å². The summed E-state index contributed by atoms with van der Waals surface area (Å²) in [5.74, 6) is -1.13. The van der Waals surface area contributed by atoms with Crippen molar-refractivity contribution in [3.8, 4) is 16.9 Å². The molecule has 0 fully saturated rings. The molecular formula is C17H11N3O2. The SMILES string of the molecule is Cc1ccc(-n2nc3c(n2)-c2ccccc2C(=O)C3=O)cc1. The summed E-state index contributed by atoms with van der Waals surface area (Å²) in [6.07, 6.45) is 0. The average Bonchev–Trinajstić information content (AvgIpc) is 2.99. The van der Waals surface area contributed by atoms with Crippen LogP contribution >= 0.6 is 0 Å². The van der Waals surface area contributed by atoms with Crippen molar-refractivity contribution in [2.45, 2.75) is 6.92 Å². The van der Waals surface area contributed by atoms with Crippen LogP contribution in [0.15, 0.2) is 48.5 Å². The number of ketones is 2. The van der Waals surface area contributed by atoms with Gasteiger partial charge in [0.05, 0.1) is 5.69 Å². The normalized spacial score (nSPS) is 13.0. The number of aromatic nitrogens is 3. The second-order valence-corrected chi connectivity index (χ2v) is 5.23. The number of hydrogen-bond donors (Lipinski definition) is 0. The summed E-state index contributed by atoms with van der Waals surface area (Å²) in [6, 6.07) is 14.6. The van der Waals surface area contributed by atoms with Crippen molar-refractivity contribution in [1.29, 1.82) is 0 Å². The van der Waals surface area contributed by atoms with Gasteiger partial charge < -0.3 is 0 Å². The highest BCUT2D eigenvalue weighted by Gasteiger charge is 2.34. The summed E-state index contributed by atoms with van der Waals surface area (Å²) in [5, 5.41) is 8.63. The fourth-order valence-corrected chi connectivity index (χ4v) is 2.55. The Balaban J connectivity index is 1.93. The summed E-state index contributed by atoms with van der Waals surface area (Å²) in [5.41, 5.74) is 3.48. The molecule has 0 saturated carbocycles. The summed E-state index contributed by atoms with van der Waals surface area (Å²) >= 11 is 0. The first-order chi connectivity index (χ1) is 10.6. The Morgan fingerprint density at radius 2 is 1.41 bits per heavy atom. The van der Waals surface area contributed by atoms with Crippen LogP contribution in [0.3, 0.4) is 0 Å². The van der Waals surface area contributed by atoms with Crippen LogP contribution in [0, 0.1) is 6.92 Å². The minimum Gasteiger partial charge on any atom is -0.285 e. The van der Waals surface area contributed by atoms with Crippen LogP contribution in [0.5, 0.6) is 0 Å². The van der Waals surface area contributed by atoms with Gasteiger partial charge in [-0.1, -0.05) is 42.0 Å². The lowest BCUT2D eigenvalue weighted by atomic mass is 9.90. The van der Waals surface area contributed by atoms with Gasteiger partial charge in [-0.25, -0.2) is 0 Å². The van der Waals surface area contributed by atoms with Crippen LogP contribution in [0.1, 0.15) is 26.4 Å². The molecule has 0 spiro atoms. The van der Waals surface area contributed by atoms with Crippen LogP contribution in [0.2, 0.25) is 0 Å². The van der Waals surface area contributed by atoms with Crippen LogP contribution in [-0.2, 0) is 0 Å². The first kappa shape index (κ1) is 12.6. The molecule has 4 rings (SSSR count). The average molecular weight is 289 g/mol. The van der Waals surface area contributed by atoms with Gasteiger partial charge in [-0.3, -0.25) is 9.59 Å². The maximum atomic E-state index is 12.2. The highest BCUT2D eigenvalue weighted by atomic mass is 16.2. The molecule has 0 bridgehead atoms. The minimum atomic E-state index is -0.605. The molecule has 1 aliphatic carbocycles. The standard InChI is InChI=1S/C17H11N3O2/c1-10-6-8-11(9-7-10)20-18-14-12-4-2-3-5-13(12)16(21)17(22)15(14)19-20/h2-9H,1H3. The van der Waals surface area contributed by atoms with E-state index in [0.717, 1.165) is 11.3 Å². The number of rotatable bonds is 1. The number of nitrogens with zero attached hydrogens (tertiary/aromatic N) is 3. The lowest BCUT2D eigenvalue weighted by Crippen LogP contribution is -2.21. The Hall–Kier alpha value is -3.08. The third-order valence-electron chi connectivity index (χ3n) is 3.73. The monoisotopic (exact) mass is 289 g/mol. The highest BCUT2D eigenvalue weighted by molar-refractivity contribution is 6.52. The second-order valence-electron chi connectivity index (χ2n) is 5.23. The zero-order valence-corrected chi connectivity index (χ0v) is 11.8. The van der Waals surface area contributed by atoms with Crippen molar-refractivity contribution in [2.75, 3.05) is 0 Å². The van der Waals surface area contributed by atoms with Gasteiger partial charge in [-0.2, -0.15) is 4.80 Å². The molecule has 1 aliphatic rings. The molecule has 5 heteroatoms. The number of aryl methyl sites for hydroxylation is 1. The second kappa shape index (κ2) is 4.46. The molecule has 0 N–H and O–H groups in total. The molecule has 0 amide bonds. The van der Waals surface area contributed by atoms with Crippen molar-refractivity contribution < 1.29 is 9.59 Å². The molecule has 0 saturated heterocycles. The van der Waals surface area contributed by atoms with Crippen molar-refractivity contribution in [3.05, 3.63) is 65.4 Å². The smallest absolute Gasteiger partial charge is 0.256 e. The van der Waals surface area contributed by atoms with E-state index in [1.807, 2.05) is 37.3 Å². The van der Waals surface area contributed by atoms with E-state index in [1.54, 1.807) is 18.2 Å². The zero-order chi connectivity index (χ0) is 15.3. The molecule has 0 unspecified atom stereocenters. The van der Waals surface area contributed by atoms with Crippen LogP contribution in [0.25, 0.3) is 16.9 Å².